The number of thioether (sulfide) groups is 1. The number of unbranched alkanes of at least 4 members (excludes halogenated alkanes) is 10. The Morgan fingerprint density at radius 3 is 1.92 bits per heavy atom. The Hall–Kier alpha value is -0.480. The second kappa shape index (κ2) is 16.7. The van der Waals surface area contributed by atoms with Crippen LogP contribution >= 0.6 is 11.8 Å². The van der Waals surface area contributed by atoms with Crippen molar-refractivity contribution in [1.29, 1.82) is 0 Å². The minimum absolute atomic E-state index is 0.0310. The van der Waals surface area contributed by atoms with Crippen LogP contribution in [0.5, 0.6) is 0 Å². The van der Waals surface area contributed by atoms with Crippen molar-refractivity contribution < 1.29 is 9.90 Å². The van der Waals surface area contributed by atoms with E-state index in [4.69, 9.17) is 0 Å². The van der Waals surface area contributed by atoms with E-state index in [1.54, 1.807) is 11.8 Å². The molecule has 4 heteroatoms. The predicted octanol–water partition coefficient (Wildman–Crippen LogP) is 6.07. The Balaban J connectivity index is 3.53. The summed E-state index contributed by atoms with van der Waals surface area (Å²) in [6.45, 7) is 7.84. The molecule has 3 nitrogen and oxygen atoms in total. The third-order valence-corrected chi connectivity index (χ3v) is 5.34. The Bertz CT molecular complexity index is 364. The first-order valence-corrected chi connectivity index (χ1v) is 11.7. The summed E-state index contributed by atoms with van der Waals surface area (Å²) >= 11 is 1.77. The smallest absolute Gasteiger partial charge is 0.225 e. The van der Waals surface area contributed by atoms with Gasteiger partial charge in [-0.05, 0) is 17.6 Å². The number of aliphatic hydroxyl groups excluding tert-OH is 1. The normalized spacial score (nSPS) is 13.3. The Morgan fingerprint density at radius 1 is 0.962 bits per heavy atom. The molecule has 0 fully saturated rings. The van der Waals surface area contributed by atoms with Gasteiger partial charge in [-0.15, -0.1) is 11.8 Å². The van der Waals surface area contributed by atoms with Crippen molar-refractivity contribution >= 4 is 17.7 Å². The van der Waals surface area contributed by atoms with Crippen LogP contribution in [0, 0.1) is 5.41 Å². The molecule has 0 aliphatic heterocycles. The summed E-state index contributed by atoms with van der Waals surface area (Å²) in [6.07, 6.45) is 16.9. The summed E-state index contributed by atoms with van der Waals surface area (Å²) in [5.41, 5.74) is -0.427. The lowest BCUT2D eigenvalue weighted by molar-refractivity contribution is -0.129. The molecule has 0 heterocycles. The molecule has 0 aromatic rings. The molecule has 0 aromatic heterocycles. The van der Waals surface area contributed by atoms with E-state index >= 15 is 0 Å². The highest BCUT2D eigenvalue weighted by molar-refractivity contribution is 8.02. The fraction of sp³-hybridized carbons (Fsp3) is 0.864. The molecule has 2 N–H and O–H groups in total. The molecule has 0 rings (SSSR count). The van der Waals surface area contributed by atoms with Gasteiger partial charge in [0.15, 0.2) is 0 Å². The quantitative estimate of drug-likeness (QED) is 0.317. The summed E-state index contributed by atoms with van der Waals surface area (Å²) in [4.78, 5) is 11.9. The minimum Gasteiger partial charge on any atom is -0.394 e. The molecule has 0 aromatic carbocycles. The first-order valence-electron chi connectivity index (χ1n) is 10.6. The van der Waals surface area contributed by atoms with Gasteiger partial charge in [-0.2, -0.15) is 0 Å². The lowest BCUT2D eigenvalue weighted by atomic mass is 9.95. The van der Waals surface area contributed by atoms with Crippen LogP contribution in [0.2, 0.25) is 0 Å². The number of amides is 1. The molecule has 0 spiro atoms. The zero-order valence-electron chi connectivity index (χ0n) is 17.7. The van der Waals surface area contributed by atoms with Gasteiger partial charge in [0.1, 0.15) is 0 Å². The topological polar surface area (TPSA) is 49.3 Å². The second-order valence-corrected chi connectivity index (χ2v) is 9.26. The van der Waals surface area contributed by atoms with E-state index < -0.39 is 5.41 Å². The van der Waals surface area contributed by atoms with E-state index in [0.29, 0.717) is 0 Å². The average molecular weight is 386 g/mol. The highest BCUT2D eigenvalue weighted by Gasteiger charge is 2.22. The van der Waals surface area contributed by atoms with Gasteiger partial charge in [0, 0.05) is 5.41 Å². The molecule has 0 aliphatic rings. The Labute approximate surface area is 166 Å². The molecule has 0 bridgehead atoms. The summed E-state index contributed by atoms with van der Waals surface area (Å²) < 4.78 is 0. The summed E-state index contributed by atoms with van der Waals surface area (Å²) in [5.74, 6) is 1.08. The Morgan fingerprint density at radius 2 is 1.46 bits per heavy atom. The van der Waals surface area contributed by atoms with E-state index in [1.807, 2.05) is 32.3 Å². The first kappa shape index (κ1) is 25.5. The average Bonchev–Trinajstić information content (AvgIpc) is 2.59. The molecule has 26 heavy (non-hydrogen) atoms. The van der Waals surface area contributed by atoms with Gasteiger partial charge in [0.25, 0.3) is 0 Å². The van der Waals surface area contributed by atoms with Crippen molar-refractivity contribution in [3.05, 3.63) is 11.5 Å². The number of nitrogens with one attached hydrogen (secondary N) is 1. The van der Waals surface area contributed by atoms with Crippen molar-refractivity contribution in [2.75, 3.05) is 12.4 Å². The largest absolute Gasteiger partial charge is 0.394 e. The number of hydrogen-bond acceptors (Lipinski definition) is 3. The van der Waals surface area contributed by atoms with Gasteiger partial charge in [0.05, 0.1) is 12.6 Å². The van der Waals surface area contributed by atoms with Crippen molar-refractivity contribution in [1.82, 2.24) is 5.32 Å². The van der Waals surface area contributed by atoms with E-state index in [0.717, 1.165) is 5.75 Å². The van der Waals surface area contributed by atoms with Gasteiger partial charge in [-0.1, -0.05) is 98.0 Å². The molecular weight excluding hydrogens is 342 g/mol. The van der Waals surface area contributed by atoms with Crippen LogP contribution < -0.4 is 5.32 Å². The van der Waals surface area contributed by atoms with Gasteiger partial charge < -0.3 is 10.4 Å². The third-order valence-electron chi connectivity index (χ3n) is 4.47. The number of rotatable bonds is 16. The van der Waals surface area contributed by atoms with Crippen LogP contribution in [0.1, 0.15) is 98.3 Å². The fourth-order valence-corrected chi connectivity index (χ4v) is 3.42. The van der Waals surface area contributed by atoms with Crippen molar-refractivity contribution in [2.45, 2.75) is 104 Å². The van der Waals surface area contributed by atoms with Crippen LogP contribution in [0.25, 0.3) is 0 Å². The molecule has 1 atom stereocenters. The van der Waals surface area contributed by atoms with E-state index in [-0.39, 0.29) is 18.6 Å². The van der Waals surface area contributed by atoms with Crippen LogP contribution in [0.3, 0.4) is 0 Å². The molecule has 0 aliphatic carbocycles. The number of aliphatic hydroxyl groups is 1. The van der Waals surface area contributed by atoms with E-state index in [1.165, 1.54) is 70.6 Å². The van der Waals surface area contributed by atoms with Crippen LogP contribution in [0.15, 0.2) is 11.5 Å². The zero-order chi connectivity index (χ0) is 19.7. The zero-order valence-corrected chi connectivity index (χ0v) is 18.5. The maximum Gasteiger partial charge on any atom is 0.225 e. The number of carbonyl (C=O) groups excluding carboxylic acids is 1. The molecule has 1 amide bonds. The maximum absolute atomic E-state index is 11.9. The summed E-state index contributed by atoms with van der Waals surface area (Å²) in [6, 6.07) is -0.286. The van der Waals surface area contributed by atoms with Crippen molar-refractivity contribution in [2.24, 2.45) is 5.41 Å². The lowest BCUT2D eigenvalue weighted by Gasteiger charge is -2.21. The summed E-state index contributed by atoms with van der Waals surface area (Å²) in [7, 11) is 0. The lowest BCUT2D eigenvalue weighted by Crippen LogP contribution is -2.42. The van der Waals surface area contributed by atoms with E-state index in [9.17, 15) is 9.90 Å². The fourth-order valence-electron chi connectivity index (χ4n) is 2.61. The highest BCUT2D eigenvalue weighted by atomic mass is 32.2. The molecular formula is C22H43NO2S. The Kier molecular flexibility index (Phi) is 16.4. The van der Waals surface area contributed by atoms with Gasteiger partial charge in [-0.25, -0.2) is 0 Å². The van der Waals surface area contributed by atoms with Crippen molar-refractivity contribution in [3.63, 3.8) is 0 Å². The van der Waals surface area contributed by atoms with Gasteiger partial charge in [0.2, 0.25) is 5.91 Å². The molecule has 1 unspecified atom stereocenters. The third kappa shape index (κ3) is 15.7. The van der Waals surface area contributed by atoms with Crippen LogP contribution in [-0.4, -0.2) is 29.4 Å². The minimum atomic E-state index is -0.427. The SMILES string of the molecule is CCCCCCCCCCCCCS/C=C/C(CO)NC(=O)C(C)(C)C. The predicted molar refractivity (Wildman–Crippen MR) is 117 cm³/mol. The summed E-state index contributed by atoms with van der Waals surface area (Å²) in [5, 5.41) is 14.2. The van der Waals surface area contributed by atoms with E-state index in [2.05, 4.69) is 12.2 Å². The highest BCUT2D eigenvalue weighted by Crippen LogP contribution is 2.15. The molecule has 0 saturated heterocycles. The van der Waals surface area contributed by atoms with Crippen LogP contribution in [-0.2, 0) is 4.79 Å². The molecule has 154 valence electrons. The second-order valence-electron chi connectivity index (χ2n) is 8.25. The monoisotopic (exact) mass is 385 g/mol. The molecule has 0 saturated carbocycles. The van der Waals surface area contributed by atoms with Crippen molar-refractivity contribution in [3.8, 4) is 0 Å². The number of carbonyl (C=O) groups is 1. The standard InChI is InChI=1S/C22H43NO2S/c1-5-6-7-8-9-10-11-12-13-14-15-17-26-18-16-20(19-24)23-21(25)22(2,3)4/h16,18,20,24H,5-15,17,19H2,1-4H3,(H,23,25)/b18-16+. The van der Waals surface area contributed by atoms with Gasteiger partial charge in [-0.3, -0.25) is 4.79 Å². The maximum atomic E-state index is 11.9. The first-order chi connectivity index (χ1) is 12.4. The van der Waals surface area contributed by atoms with Gasteiger partial charge >= 0.3 is 0 Å². The number of hydrogen-bond donors (Lipinski definition) is 2. The van der Waals surface area contributed by atoms with Crippen LogP contribution in [0.4, 0.5) is 0 Å². The molecule has 0 radical (unpaired) electrons.